The highest BCUT2D eigenvalue weighted by molar-refractivity contribution is 5.82. The van der Waals surface area contributed by atoms with Crippen molar-refractivity contribution in [3.05, 3.63) is 75.8 Å². The number of amides is 1. The van der Waals surface area contributed by atoms with E-state index in [1.807, 2.05) is 6.07 Å². The number of carbonyl (C=O) groups excluding carboxylic acids is 1. The van der Waals surface area contributed by atoms with Gasteiger partial charge in [-0.1, -0.05) is 24.3 Å². The van der Waals surface area contributed by atoms with Gasteiger partial charge in [0.1, 0.15) is 11.8 Å². The van der Waals surface area contributed by atoms with E-state index in [1.165, 1.54) is 24.4 Å². The Labute approximate surface area is 149 Å². The minimum absolute atomic E-state index is 0.0225. The first kappa shape index (κ1) is 18.4. The molecule has 0 bridgehead atoms. The first-order valence-electron chi connectivity index (χ1n) is 7.45. The molecule has 2 rings (SSSR count). The first-order chi connectivity index (χ1) is 12.6. The number of hydrazone groups is 1. The topological polar surface area (TPSA) is 118 Å². The quantitative estimate of drug-likeness (QED) is 0.468. The number of nitro benzene ring substituents is 1. The predicted octanol–water partition coefficient (Wildman–Crippen LogP) is 2.66. The van der Waals surface area contributed by atoms with Crippen LogP contribution in [0, 0.1) is 21.4 Å². The summed E-state index contributed by atoms with van der Waals surface area (Å²) in [5.41, 5.74) is 2.98. The Morgan fingerprint density at radius 1 is 1.27 bits per heavy atom. The fourth-order valence-electron chi connectivity index (χ4n) is 1.95. The van der Waals surface area contributed by atoms with E-state index >= 15 is 0 Å². The molecule has 0 atom stereocenters. The maximum absolute atomic E-state index is 11.6. The number of rotatable bonds is 7. The fraction of sp³-hybridized carbons (Fsp3) is 0.0556. The summed E-state index contributed by atoms with van der Waals surface area (Å²) in [6.07, 6.45) is 4.26. The molecule has 0 fully saturated rings. The minimum Gasteiger partial charge on any atom is -0.482 e. The Bertz CT molecular complexity index is 900. The van der Waals surface area contributed by atoms with E-state index in [9.17, 15) is 14.9 Å². The molecule has 2 aromatic carbocycles. The second-order valence-corrected chi connectivity index (χ2v) is 4.88. The average molecular weight is 350 g/mol. The molecule has 8 heteroatoms. The molecule has 0 radical (unpaired) electrons. The van der Waals surface area contributed by atoms with Crippen LogP contribution in [0.4, 0.5) is 5.69 Å². The van der Waals surface area contributed by atoms with Crippen LogP contribution in [0.5, 0.6) is 5.75 Å². The van der Waals surface area contributed by atoms with E-state index in [4.69, 9.17) is 10.00 Å². The number of hydrogen-bond acceptors (Lipinski definition) is 6. The molecular formula is C18H14N4O4. The zero-order valence-electron chi connectivity index (χ0n) is 13.5. The number of ether oxygens (including phenoxy) is 1. The van der Waals surface area contributed by atoms with Crippen LogP contribution in [0.1, 0.15) is 11.1 Å². The highest BCUT2D eigenvalue weighted by Crippen LogP contribution is 2.18. The molecule has 2 aromatic rings. The number of nitrogens with one attached hydrogen (secondary N) is 1. The lowest BCUT2D eigenvalue weighted by Gasteiger charge is -2.05. The molecule has 0 aliphatic heterocycles. The van der Waals surface area contributed by atoms with Gasteiger partial charge in [0.2, 0.25) is 0 Å². The van der Waals surface area contributed by atoms with Crippen LogP contribution in [0.15, 0.2) is 59.7 Å². The van der Waals surface area contributed by atoms with Gasteiger partial charge in [0.05, 0.1) is 16.1 Å². The van der Waals surface area contributed by atoms with Crippen molar-refractivity contribution < 1.29 is 14.5 Å². The maximum Gasteiger partial charge on any atom is 0.277 e. The van der Waals surface area contributed by atoms with Crippen molar-refractivity contribution in [3.8, 4) is 11.8 Å². The van der Waals surface area contributed by atoms with E-state index < -0.39 is 10.8 Å². The van der Waals surface area contributed by atoms with E-state index in [0.29, 0.717) is 16.9 Å². The second kappa shape index (κ2) is 9.34. The molecule has 1 N–H and O–H groups in total. The Morgan fingerprint density at radius 3 is 2.77 bits per heavy atom. The molecular weight excluding hydrogens is 336 g/mol. The van der Waals surface area contributed by atoms with Crippen molar-refractivity contribution >= 4 is 23.9 Å². The summed E-state index contributed by atoms with van der Waals surface area (Å²) >= 11 is 0. The van der Waals surface area contributed by atoms with Gasteiger partial charge in [-0.2, -0.15) is 10.4 Å². The number of carbonyl (C=O) groups is 1. The van der Waals surface area contributed by atoms with Crippen LogP contribution in [-0.4, -0.2) is 23.7 Å². The predicted molar refractivity (Wildman–Crippen MR) is 95.4 cm³/mol. The van der Waals surface area contributed by atoms with Crippen molar-refractivity contribution in [1.82, 2.24) is 5.43 Å². The molecule has 130 valence electrons. The lowest BCUT2D eigenvalue weighted by atomic mass is 10.2. The number of hydrogen-bond donors (Lipinski definition) is 1. The zero-order chi connectivity index (χ0) is 18.8. The van der Waals surface area contributed by atoms with Gasteiger partial charge in [0.25, 0.3) is 11.6 Å². The summed E-state index contributed by atoms with van der Waals surface area (Å²) < 4.78 is 5.26. The number of nitrogens with zero attached hydrogens (tertiary/aromatic N) is 3. The summed E-state index contributed by atoms with van der Waals surface area (Å²) in [4.78, 5) is 22.1. The summed E-state index contributed by atoms with van der Waals surface area (Å²) in [5, 5.41) is 23.5. The van der Waals surface area contributed by atoms with Gasteiger partial charge in [-0.15, -0.1) is 0 Å². The van der Waals surface area contributed by atoms with Crippen LogP contribution in [-0.2, 0) is 4.79 Å². The van der Waals surface area contributed by atoms with E-state index in [0.717, 1.165) is 0 Å². The molecule has 0 heterocycles. The normalized spacial score (nSPS) is 10.6. The van der Waals surface area contributed by atoms with Gasteiger partial charge in [0.15, 0.2) is 6.61 Å². The van der Waals surface area contributed by atoms with Crippen LogP contribution >= 0.6 is 0 Å². The molecule has 0 aromatic heterocycles. The van der Waals surface area contributed by atoms with E-state index in [2.05, 4.69) is 10.5 Å². The van der Waals surface area contributed by atoms with Gasteiger partial charge in [-0.05, 0) is 30.4 Å². The molecule has 26 heavy (non-hydrogen) atoms. The molecule has 0 aliphatic carbocycles. The standard InChI is InChI=1S/C18H14N4O4/c19-12-15-7-2-4-10-17(15)26-13-18(23)21-20-11-5-8-14-6-1-3-9-16(14)22(24)25/h1-11H,13H2,(H,21,23)/b8-5+,20-11-. The van der Waals surface area contributed by atoms with Gasteiger partial charge in [-0.25, -0.2) is 5.43 Å². The van der Waals surface area contributed by atoms with Crippen molar-refractivity contribution in [3.63, 3.8) is 0 Å². The largest absolute Gasteiger partial charge is 0.482 e. The summed E-state index contributed by atoms with van der Waals surface area (Å²) in [5.74, 6) is -0.196. The highest BCUT2D eigenvalue weighted by atomic mass is 16.6. The Kier molecular flexibility index (Phi) is 6.59. The Balaban J connectivity index is 1.84. The van der Waals surface area contributed by atoms with Gasteiger partial charge >= 0.3 is 0 Å². The molecule has 0 saturated carbocycles. The number of para-hydroxylation sites is 2. The number of nitriles is 1. The monoisotopic (exact) mass is 350 g/mol. The van der Waals surface area contributed by atoms with Crippen LogP contribution in [0.3, 0.4) is 0 Å². The van der Waals surface area contributed by atoms with Crippen LogP contribution in [0.2, 0.25) is 0 Å². The third-order valence-electron chi connectivity index (χ3n) is 3.13. The van der Waals surface area contributed by atoms with Crippen molar-refractivity contribution in [2.24, 2.45) is 5.10 Å². The zero-order valence-corrected chi connectivity index (χ0v) is 13.5. The van der Waals surface area contributed by atoms with Crippen LogP contribution in [0.25, 0.3) is 6.08 Å². The summed E-state index contributed by atoms with van der Waals surface area (Å²) in [7, 11) is 0. The van der Waals surface area contributed by atoms with Crippen molar-refractivity contribution in [2.45, 2.75) is 0 Å². The fourth-order valence-corrected chi connectivity index (χ4v) is 1.95. The van der Waals surface area contributed by atoms with Crippen molar-refractivity contribution in [2.75, 3.05) is 6.61 Å². The Morgan fingerprint density at radius 2 is 2.00 bits per heavy atom. The minimum atomic E-state index is -0.506. The third-order valence-corrected chi connectivity index (χ3v) is 3.13. The second-order valence-electron chi connectivity index (χ2n) is 4.88. The summed E-state index contributed by atoms with van der Waals surface area (Å²) in [6.45, 7) is -0.302. The number of allylic oxidation sites excluding steroid dienone is 1. The van der Waals surface area contributed by atoms with Crippen LogP contribution < -0.4 is 10.2 Å². The molecule has 1 amide bonds. The van der Waals surface area contributed by atoms with Gasteiger partial charge in [0, 0.05) is 12.3 Å². The Hall–Kier alpha value is -3.99. The number of nitro groups is 1. The third kappa shape index (κ3) is 5.28. The molecule has 0 spiro atoms. The highest BCUT2D eigenvalue weighted by Gasteiger charge is 2.08. The summed E-state index contributed by atoms with van der Waals surface area (Å²) in [6, 6.07) is 14.8. The average Bonchev–Trinajstić information content (AvgIpc) is 2.66. The molecule has 0 unspecified atom stereocenters. The van der Waals surface area contributed by atoms with Gasteiger partial charge in [-0.3, -0.25) is 14.9 Å². The molecule has 0 saturated heterocycles. The first-order valence-corrected chi connectivity index (χ1v) is 7.45. The smallest absolute Gasteiger partial charge is 0.277 e. The lowest BCUT2D eigenvalue weighted by molar-refractivity contribution is -0.385. The lowest BCUT2D eigenvalue weighted by Crippen LogP contribution is -2.24. The molecule has 8 nitrogen and oxygen atoms in total. The number of benzene rings is 2. The van der Waals surface area contributed by atoms with E-state index in [1.54, 1.807) is 42.5 Å². The SMILES string of the molecule is N#Cc1ccccc1OCC(=O)N/N=C\C=C\c1ccccc1[N+](=O)[O-]. The molecule has 0 aliphatic rings. The van der Waals surface area contributed by atoms with Gasteiger partial charge < -0.3 is 4.74 Å². The van der Waals surface area contributed by atoms with E-state index in [-0.39, 0.29) is 12.3 Å². The maximum atomic E-state index is 11.6. The van der Waals surface area contributed by atoms with Crippen molar-refractivity contribution in [1.29, 1.82) is 5.26 Å².